The molecule has 0 aliphatic heterocycles. The minimum atomic E-state index is -4.43. The Morgan fingerprint density at radius 1 is 1.21 bits per heavy atom. The van der Waals surface area contributed by atoms with E-state index in [2.05, 4.69) is 0 Å². The van der Waals surface area contributed by atoms with Gasteiger partial charge in [0.1, 0.15) is 33.6 Å². The van der Waals surface area contributed by atoms with Crippen molar-refractivity contribution in [1.29, 1.82) is 0 Å². The third kappa shape index (κ3) is 3.87. The molecule has 0 aliphatic carbocycles. The van der Waals surface area contributed by atoms with Crippen LogP contribution in [-0.4, -0.2) is 23.3 Å². The molecule has 0 amide bonds. The number of carbonyl (C=O) groups excluding carboxylic acids is 1. The molecule has 1 aromatic carbocycles. The van der Waals surface area contributed by atoms with Crippen LogP contribution in [0.1, 0.15) is 21.8 Å². The molecule has 2 aromatic heterocycles. The number of benzene rings is 1. The number of ketones is 1. The lowest BCUT2D eigenvalue weighted by Crippen LogP contribution is -2.15. The van der Waals surface area contributed by atoms with Crippen molar-refractivity contribution in [1.82, 2.24) is 3.97 Å². The van der Waals surface area contributed by atoms with Crippen LogP contribution in [0.25, 0.3) is 6.08 Å². The van der Waals surface area contributed by atoms with Crippen LogP contribution < -0.4 is 5.63 Å². The van der Waals surface area contributed by atoms with Gasteiger partial charge in [0.2, 0.25) is 0 Å². The van der Waals surface area contributed by atoms with Gasteiger partial charge in [-0.15, -0.1) is 0 Å². The number of hydrogen-bond acceptors (Lipinski definition) is 6. The summed E-state index contributed by atoms with van der Waals surface area (Å²) in [5.74, 6) is -3.60. The Bertz CT molecular complexity index is 1300. The minimum absolute atomic E-state index is 0.0435. The van der Waals surface area contributed by atoms with Crippen molar-refractivity contribution in [3.8, 4) is 5.75 Å². The highest BCUT2D eigenvalue weighted by Crippen LogP contribution is 2.22. The number of halogens is 2. The van der Waals surface area contributed by atoms with Crippen LogP contribution in [0.3, 0.4) is 0 Å². The molecule has 3 rings (SSSR count). The highest BCUT2D eigenvalue weighted by atomic mass is 32.2. The van der Waals surface area contributed by atoms with E-state index in [1.807, 2.05) is 0 Å². The second kappa shape index (κ2) is 7.47. The first-order valence-corrected chi connectivity index (χ1v) is 9.49. The van der Waals surface area contributed by atoms with Gasteiger partial charge in [-0.25, -0.2) is 26.0 Å². The molecule has 0 aliphatic rings. The van der Waals surface area contributed by atoms with Gasteiger partial charge in [0.15, 0.2) is 5.78 Å². The van der Waals surface area contributed by atoms with E-state index in [0.29, 0.717) is 10.0 Å². The second-order valence-electron chi connectivity index (χ2n) is 5.91. The first-order valence-electron chi connectivity index (χ1n) is 8.05. The molecule has 150 valence electrons. The summed E-state index contributed by atoms with van der Waals surface area (Å²) in [6.07, 6.45) is 3.05. The number of nitrogens with zero attached hydrogens (tertiary/aromatic N) is 1. The molecule has 10 heteroatoms. The number of hydrogen-bond donors (Lipinski definition) is 1. The van der Waals surface area contributed by atoms with Crippen molar-refractivity contribution in [2.45, 2.75) is 11.8 Å². The molecular formula is C19H13F2NO6S. The van der Waals surface area contributed by atoms with Crippen LogP contribution in [0.15, 0.2) is 62.8 Å². The monoisotopic (exact) mass is 421 g/mol. The van der Waals surface area contributed by atoms with Crippen LogP contribution in [0.2, 0.25) is 0 Å². The molecule has 0 saturated carbocycles. The molecule has 0 fully saturated rings. The first-order chi connectivity index (χ1) is 13.6. The van der Waals surface area contributed by atoms with E-state index in [1.54, 1.807) is 0 Å². The predicted molar refractivity (Wildman–Crippen MR) is 98.1 cm³/mol. The van der Waals surface area contributed by atoms with Crippen molar-refractivity contribution in [2.24, 2.45) is 0 Å². The van der Waals surface area contributed by atoms with Crippen molar-refractivity contribution in [3.05, 3.63) is 87.7 Å². The lowest BCUT2D eigenvalue weighted by molar-refractivity contribution is 0.104. The Balaban J connectivity index is 1.99. The van der Waals surface area contributed by atoms with Gasteiger partial charge in [-0.1, -0.05) is 0 Å². The van der Waals surface area contributed by atoms with E-state index in [9.17, 15) is 31.9 Å². The van der Waals surface area contributed by atoms with Crippen LogP contribution in [0.4, 0.5) is 8.78 Å². The topological polar surface area (TPSA) is 107 Å². The highest BCUT2D eigenvalue weighted by Gasteiger charge is 2.23. The minimum Gasteiger partial charge on any atom is -0.507 e. The summed E-state index contributed by atoms with van der Waals surface area (Å²) in [6.45, 7) is 1.41. The summed E-state index contributed by atoms with van der Waals surface area (Å²) in [4.78, 5) is 23.3. The molecule has 0 radical (unpaired) electrons. The molecule has 0 bridgehead atoms. The van der Waals surface area contributed by atoms with E-state index in [-0.39, 0.29) is 11.5 Å². The van der Waals surface area contributed by atoms with Crippen molar-refractivity contribution < 1.29 is 31.5 Å². The Morgan fingerprint density at radius 2 is 1.93 bits per heavy atom. The summed E-state index contributed by atoms with van der Waals surface area (Å²) in [6, 6.07) is 5.77. The second-order valence-corrected chi connectivity index (χ2v) is 7.69. The molecule has 2 heterocycles. The summed E-state index contributed by atoms with van der Waals surface area (Å²) >= 11 is 0. The Labute approximate surface area is 163 Å². The summed E-state index contributed by atoms with van der Waals surface area (Å²) in [7, 11) is -4.43. The van der Waals surface area contributed by atoms with Crippen LogP contribution in [-0.2, 0) is 10.0 Å². The van der Waals surface area contributed by atoms with E-state index in [0.717, 1.165) is 36.5 Å². The SMILES string of the molecule is Cc1cc(O)c(C(=O)C=Cc2cccn2S(=O)(=O)c2ccc(F)cc2F)c(=O)o1. The number of aryl methyl sites for hydroxylation is 1. The highest BCUT2D eigenvalue weighted by molar-refractivity contribution is 7.90. The van der Waals surface area contributed by atoms with E-state index >= 15 is 0 Å². The molecule has 0 spiro atoms. The molecule has 1 N–H and O–H groups in total. The Hall–Kier alpha value is -3.53. The number of allylic oxidation sites excluding steroid dienone is 1. The maximum Gasteiger partial charge on any atom is 0.351 e. The average Bonchev–Trinajstić information content (AvgIpc) is 3.08. The largest absolute Gasteiger partial charge is 0.507 e. The molecule has 0 unspecified atom stereocenters. The molecule has 29 heavy (non-hydrogen) atoms. The zero-order valence-electron chi connectivity index (χ0n) is 14.8. The Morgan fingerprint density at radius 3 is 2.59 bits per heavy atom. The fourth-order valence-electron chi connectivity index (χ4n) is 2.58. The van der Waals surface area contributed by atoms with Gasteiger partial charge in [0, 0.05) is 18.3 Å². The number of carbonyl (C=O) groups is 1. The fraction of sp³-hybridized carbons (Fsp3) is 0.0526. The maximum absolute atomic E-state index is 13.9. The number of aromatic nitrogens is 1. The van der Waals surface area contributed by atoms with Crippen molar-refractivity contribution in [2.75, 3.05) is 0 Å². The van der Waals surface area contributed by atoms with Crippen molar-refractivity contribution >= 4 is 21.9 Å². The normalized spacial score (nSPS) is 11.8. The van der Waals surface area contributed by atoms with Gasteiger partial charge in [-0.05, 0) is 43.3 Å². The van der Waals surface area contributed by atoms with Gasteiger partial charge in [0.05, 0.1) is 5.69 Å². The van der Waals surface area contributed by atoms with E-state index in [1.165, 1.54) is 19.1 Å². The Kier molecular flexibility index (Phi) is 5.21. The zero-order valence-corrected chi connectivity index (χ0v) is 15.6. The third-order valence-corrected chi connectivity index (χ3v) is 5.62. The van der Waals surface area contributed by atoms with Gasteiger partial charge in [0.25, 0.3) is 10.0 Å². The molecule has 0 saturated heterocycles. The van der Waals surface area contributed by atoms with Crippen molar-refractivity contribution in [3.63, 3.8) is 0 Å². The summed E-state index contributed by atoms with van der Waals surface area (Å²) < 4.78 is 57.8. The van der Waals surface area contributed by atoms with E-state index in [4.69, 9.17) is 4.42 Å². The van der Waals surface area contributed by atoms with Crippen LogP contribution in [0.5, 0.6) is 5.75 Å². The molecular weight excluding hydrogens is 408 g/mol. The van der Waals surface area contributed by atoms with E-state index < -0.39 is 49.3 Å². The first kappa shape index (κ1) is 20.2. The molecule has 0 atom stereocenters. The van der Waals surface area contributed by atoms with Gasteiger partial charge in [-0.2, -0.15) is 0 Å². The molecule has 3 aromatic rings. The maximum atomic E-state index is 13.9. The standard InChI is InChI=1S/C19H13F2NO6S/c1-11-9-16(24)18(19(25)28-11)15(23)6-5-13-3-2-8-22(13)29(26,27)17-7-4-12(20)10-14(17)21/h2-10,24H,1H3. The summed E-state index contributed by atoms with van der Waals surface area (Å²) in [5.41, 5.74) is -1.70. The number of rotatable bonds is 5. The van der Waals surface area contributed by atoms with Crippen LogP contribution in [0, 0.1) is 18.6 Å². The lowest BCUT2D eigenvalue weighted by atomic mass is 10.1. The van der Waals surface area contributed by atoms with Crippen LogP contribution >= 0.6 is 0 Å². The van der Waals surface area contributed by atoms with Gasteiger partial charge < -0.3 is 9.52 Å². The quantitative estimate of drug-likeness (QED) is 0.502. The average molecular weight is 421 g/mol. The fourth-order valence-corrected chi connectivity index (χ4v) is 3.97. The smallest absolute Gasteiger partial charge is 0.351 e. The molecule has 7 nitrogen and oxygen atoms in total. The number of aromatic hydroxyl groups is 1. The lowest BCUT2D eigenvalue weighted by Gasteiger charge is -2.09. The van der Waals surface area contributed by atoms with Gasteiger partial charge in [-0.3, -0.25) is 4.79 Å². The summed E-state index contributed by atoms with van der Waals surface area (Å²) in [5, 5.41) is 9.80. The zero-order chi connectivity index (χ0) is 21.3. The third-order valence-electron chi connectivity index (χ3n) is 3.88. The predicted octanol–water partition coefficient (Wildman–Crippen LogP) is 2.87. The van der Waals surface area contributed by atoms with Gasteiger partial charge >= 0.3 is 5.63 Å².